The Kier molecular flexibility index (Phi) is 4.30. The number of thiazole rings is 1. The molecule has 3 rings (SSSR count). The molecule has 0 aliphatic heterocycles. The molecule has 4 heteroatoms. The Bertz CT molecular complexity index is 830. The van der Waals surface area contributed by atoms with Crippen LogP contribution in [-0.2, 0) is 11.3 Å². The molecule has 1 N–H and O–H groups in total. The first-order valence-electron chi connectivity index (χ1n) is 7.07. The number of benzene rings is 2. The van der Waals surface area contributed by atoms with E-state index in [1.54, 1.807) is 23.6 Å². The fourth-order valence-corrected chi connectivity index (χ4v) is 3.02. The number of aromatic nitrogens is 1. The summed E-state index contributed by atoms with van der Waals surface area (Å²) in [6.45, 7) is 2.47. The van der Waals surface area contributed by atoms with Crippen molar-refractivity contribution < 1.29 is 4.79 Å². The maximum atomic E-state index is 11.9. The Morgan fingerprint density at radius 1 is 1.23 bits per heavy atom. The van der Waals surface area contributed by atoms with Gasteiger partial charge in [0.2, 0.25) is 5.91 Å². The molecule has 0 spiro atoms. The van der Waals surface area contributed by atoms with Gasteiger partial charge in [-0.3, -0.25) is 4.79 Å². The van der Waals surface area contributed by atoms with Gasteiger partial charge >= 0.3 is 0 Å². The van der Waals surface area contributed by atoms with Crippen LogP contribution in [-0.4, -0.2) is 10.9 Å². The van der Waals surface area contributed by atoms with Crippen LogP contribution in [0.25, 0.3) is 16.8 Å². The van der Waals surface area contributed by atoms with Gasteiger partial charge in [-0.25, -0.2) is 4.98 Å². The first-order valence-corrected chi connectivity index (χ1v) is 7.89. The van der Waals surface area contributed by atoms with Crippen LogP contribution in [0.4, 0.5) is 0 Å². The van der Waals surface area contributed by atoms with E-state index in [4.69, 9.17) is 0 Å². The van der Waals surface area contributed by atoms with Crippen molar-refractivity contribution in [1.29, 1.82) is 0 Å². The molecule has 110 valence electrons. The number of carbonyl (C=O) groups is 1. The third-order valence-electron chi connectivity index (χ3n) is 3.34. The number of carbonyl (C=O) groups excluding carboxylic acids is 1. The first-order chi connectivity index (χ1) is 10.7. The summed E-state index contributed by atoms with van der Waals surface area (Å²) in [7, 11) is 0. The van der Waals surface area contributed by atoms with E-state index in [0.29, 0.717) is 6.54 Å². The number of amides is 1. The molecule has 0 atom stereocenters. The van der Waals surface area contributed by atoms with Crippen LogP contribution in [0, 0.1) is 6.92 Å². The maximum absolute atomic E-state index is 11.9. The molecule has 1 heterocycles. The monoisotopic (exact) mass is 308 g/mol. The maximum Gasteiger partial charge on any atom is 0.244 e. The van der Waals surface area contributed by atoms with Crippen LogP contribution in [0.5, 0.6) is 0 Å². The molecule has 3 nitrogen and oxygen atoms in total. The zero-order valence-electron chi connectivity index (χ0n) is 12.2. The molecule has 22 heavy (non-hydrogen) atoms. The Morgan fingerprint density at radius 2 is 2.05 bits per heavy atom. The van der Waals surface area contributed by atoms with E-state index >= 15 is 0 Å². The lowest BCUT2D eigenvalue weighted by Crippen LogP contribution is -2.19. The largest absolute Gasteiger partial charge is 0.348 e. The molecular weight excluding hydrogens is 292 g/mol. The lowest BCUT2D eigenvalue weighted by atomic mass is 10.0. The van der Waals surface area contributed by atoms with Gasteiger partial charge in [-0.1, -0.05) is 42.5 Å². The molecule has 0 unspecified atom stereocenters. The van der Waals surface area contributed by atoms with Gasteiger partial charge in [-0.05, 0) is 29.3 Å². The summed E-state index contributed by atoms with van der Waals surface area (Å²) in [4.78, 5) is 17.2. The first kappa shape index (κ1) is 14.5. The molecule has 0 radical (unpaired) electrons. The predicted molar refractivity (Wildman–Crippen MR) is 91.7 cm³/mol. The van der Waals surface area contributed by atoms with E-state index in [9.17, 15) is 4.79 Å². The van der Waals surface area contributed by atoms with Crippen molar-refractivity contribution in [2.75, 3.05) is 0 Å². The SMILES string of the molecule is Cc1ncc(CNC(=O)C=Cc2cccc3ccccc23)s1. The predicted octanol–water partition coefficient (Wildman–Crippen LogP) is 3.93. The van der Waals surface area contributed by atoms with Gasteiger partial charge in [0.05, 0.1) is 11.6 Å². The van der Waals surface area contributed by atoms with Gasteiger partial charge in [0.15, 0.2) is 0 Å². The van der Waals surface area contributed by atoms with E-state index in [2.05, 4.69) is 28.5 Å². The second-order valence-corrected chi connectivity index (χ2v) is 6.28. The summed E-state index contributed by atoms with van der Waals surface area (Å²) in [6.07, 6.45) is 5.24. The number of fused-ring (bicyclic) bond motifs is 1. The molecular formula is C18H16N2OS. The standard InChI is InChI=1S/C18H16N2OS/c1-13-19-11-16(22-13)12-20-18(21)10-9-15-7-4-6-14-5-2-3-8-17(14)15/h2-11H,12H2,1H3,(H,20,21). The fraction of sp³-hybridized carbons (Fsp3) is 0.111. The van der Waals surface area contributed by atoms with Crippen molar-refractivity contribution in [3.05, 3.63) is 70.2 Å². The number of hydrogen-bond donors (Lipinski definition) is 1. The van der Waals surface area contributed by atoms with Gasteiger partial charge in [0, 0.05) is 17.2 Å². The molecule has 0 saturated carbocycles. The van der Waals surface area contributed by atoms with E-state index in [1.807, 2.05) is 37.3 Å². The molecule has 0 aliphatic carbocycles. The highest BCUT2D eigenvalue weighted by Crippen LogP contribution is 2.19. The molecule has 0 bridgehead atoms. The van der Waals surface area contributed by atoms with E-state index < -0.39 is 0 Å². The van der Waals surface area contributed by atoms with Crippen molar-refractivity contribution in [1.82, 2.24) is 10.3 Å². The van der Waals surface area contributed by atoms with Gasteiger partial charge < -0.3 is 5.32 Å². The molecule has 0 saturated heterocycles. The van der Waals surface area contributed by atoms with Gasteiger partial charge in [-0.2, -0.15) is 0 Å². The zero-order chi connectivity index (χ0) is 15.4. The molecule has 2 aromatic carbocycles. The van der Waals surface area contributed by atoms with E-state index in [-0.39, 0.29) is 5.91 Å². The summed E-state index contributed by atoms with van der Waals surface area (Å²) in [5.41, 5.74) is 1.04. The Hall–Kier alpha value is -2.46. The topological polar surface area (TPSA) is 42.0 Å². The van der Waals surface area contributed by atoms with Crippen molar-refractivity contribution in [3.63, 3.8) is 0 Å². The number of nitrogens with one attached hydrogen (secondary N) is 1. The minimum atomic E-state index is -0.0982. The Labute approximate surface area is 133 Å². The number of aryl methyl sites for hydroxylation is 1. The summed E-state index contributed by atoms with van der Waals surface area (Å²) >= 11 is 1.60. The summed E-state index contributed by atoms with van der Waals surface area (Å²) in [5.74, 6) is -0.0982. The summed E-state index contributed by atoms with van der Waals surface area (Å²) in [6, 6.07) is 14.2. The highest BCUT2D eigenvalue weighted by molar-refractivity contribution is 7.11. The van der Waals surface area contributed by atoms with Gasteiger partial charge in [-0.15, -0.1) is 11.3 Å². The van der Waals surface area contributed by atoms with E-state index in [1.165, 1.54) is 5.39 Å². The molecule has 0 fully saturated rings. The number of hydrogen-bond acceptors (Lipinski definition) is 3. The second-order valence-electron chi connectivity index (χ2n) is 4.97. The highest BCUT2D eigenvalue weighted by Gasteiger charge is 2.01. The van der Waals surface area contributed by atoms with Crippen LogP contribution < -0.4 is 5.32 Å². The highest BCUT2D eigenvalue weighted by atomic mass is 32.1. The van der Waals surface area contributed by atoms with E-state index in [0.717, 1.165) is 20.8 Å². The van der Waals surface area contributed by atoms with Gasteiger partial charge in [0.1, 0.15) is 0 Å². The molecule has 3 aromatic rings. The van der Waals surface area contributed by atoms with Crippen LogP contribution in [0.3, 0.4) is 0 Å². The average Bonchev–Trinajstić information content (AvgIpc) is 2.96. The van der Waals surface area contributed by atoms with Crippen LogP contribution in [0.1, 0.15) is 15.4 Å². The van der Waals surface area contributed by atoms with Crippen LogP contribution >= 0.6 is 11.3 Å². The van der Waals surface area contributed by atoms with Gasteiger partial charge in [0.25, 0.3) is 0 Å². The zero-order valence-corrected chi connectivity index (χ0v) is 13.1. The Morgan fingerprint density at radius 3 is 2.86 bits per heavy atom. The third kappa shape index (κ3) is 3.40. The molecule has 0 aliphatic rings. The van der Waals surface area contributed by atoms with Crippen LogP contribution in [0.2, 0.25) is 0 Å². The van der Waals surface area contributed by atoms with Crippen LogP contribution in [0.15, 0.2) is 54.7 Å². The minimum Gasteiger partial charge on any atom is -0.348 e. The normalized spacial score (nSPS) is 11.1. The van der Waals surface area contributed by atoms with Crippen molar-refractivity contribution in [2.45, 2.75) is 13.5 Å². The number of rotatable bonds is 4. The summed E-state index contributed by atoms with van der Waals surface area (Å²) < 4.78 is 0. The molecule has 1 aromatic heterocycles. The lowest BCUT2D eigenvalue weighted by Gasteiger charge is -2.02. The fourth-order valence-electron chi connectivity index (χ4n) is 2.28. The van der Waals surface area contributed by atoms with Crippen molar-refractivity contribution >= 4 is 34.1 Å². The lowest BCUT2D eigenvalue weighted by molar-refractivity contribution is -0.116. The summed E-state index contributed by atoms with van der Waals surface area (Å²) in [5, 5.41) is 6.20. The minimum absolute atomic E-state index is 0.0982. The number of nitrogens with zero attached hydrogens (tertiary/aromatic N) is 1. The quantitative estimate of drug-likeness (QED) is 0.742. The van der Waals surface area contributed by atoms with Crippen molar-refractivity contribution in [3.8, 4) is 0 Å². The Balaban J connectivity index is 1.68. The third-order valence-corrected chi connectivity index (χ3v) is 4.26. The van der Waals surface area contributed by atoms with Crippen molar-refractivity contribution in [2.24, 2.45) is 0 Å². The smallest absolute Gasteiger partial charge is 0.244 e. The average molecular weight is 308 g/mol. The molecule has 1 amide bonds. The second kappa shape index (κ2) is 6.54.